The molecule has 41 heavy (non-hydrogen) atoms. The number of benzene rings is 1. The molecule has 1 unspecified atom stereocenters. The molecule has 5 atom stereocenters. The first-order valence-corrected chi connectivity index (χ1v) is 14.5. The molecule has 3 heterocycles. The predicted molar refractivity (Wildman–Crippen MR) is 156 cm³/mol. The first kappa shape index (κ1) is 29.6. The number of aryl methyl sites for hydroxylation is 2. The number of halogens is 2. The lowest BCUT2D eigenvalue weighted by Crippen LogP contribution is -2.34. The Balaban J connectivity index is 1.36. The van der Waals surface area contributed by atoms with E-state index in [1.165, 1.54) is 6.07 Å². The van der Waals surface area contributed by atoms with Crippen LogP contribution in [0.2, 0.25) is 5.02 Å². The Kier molecular flexibility index (Phi) is 8.80. The number of anilines is 1. The fourth-order valence-corrected chi connectivity index (χ4v) is 5.73. The first-order valence-electron chi connectivity index (χ1n) is 14.2. The third-order valence-electron chi connectivity index (χ3n) is 7.71. The number of aromatic nitrogens is 1. The normalized spacial score (nSPS) is 25.9. The molecular formula is C31H37ClFN3O5. The minimum absolute atomic E-state index is 0.226. The number of fused-ring (bicyclic) bond motifs is 2. The van der Waals surface area contributed by atoms with Crippen molar-refractivity contribution in [2.75, 3.05) is 18.5 Å². The van der Waals surface area contributed by atoms with Gasteiger partial charge < -0.3 is 29.4 Å². The molecule has 1 aromatic carbocycles. The van der Waals surface area contributed by atoms with Gasteiger partial charge in [-0.25, -0.2) is 9.37 Å². The molecule has 0 amide bonds. The summed E-state index contributed by atoms with van der Waals surface area (Å²) in [6.07, 6.45) is 5.47. The van der Waals surface area contributed by atoms with Gasteiger partial charge in [0.15, 0.2) is 17.8 Å². The fraction of sp³-hybridized carbons (Fsp3) is 0.516. The summed E-state index contributed by atoms with van der Waals surface area (Å²) in [5, 5.41) is 13.8. The van der Waals surface area contributed by atoms with E-state index in [-0.39, 0.29) is 36.8 Å². The molecule has 0 bridgehead atoms. The Labute approximate surface area is 245 Å². The largest absolute Gasteiger partial charge is 0.472 e. The van der Waals surface area contributed by atoms with Gasteiger partial charge in [-0.15, -0.1) is 0 Å². The summed E-state index contributed by atoms with van der Waals surface area (Å²) >= 11 is 6.59. The number of aliphatic hydroxyl groups is 1. The van der Waals surface area contributed by atoms with Gasteiger partial charge in [0.1, 0.15) is 36.2 Å². The van der Waals surface area contributed by atoms with Crippen LogP contribution >= 0.6 is 11.6 Å². The van der Waals surface area contributed by atoms with E-state index >= 15 is 4.39 Å². The molecule has 0 radical (unpaired) electrons. The lowest BCUT2D eigenvalue weighted by molar-refractivity contribution is -0.112. The number of aliphatic imine (C=N–C) groups is 1. The summed E-state index contributed by atoms with van der Waals surface area (Å²) in [5.41, 5.74) is 2.40. The van der Waals surface area contributed by atoms with Gasteiger partial charge in [-0.1, -0.05) is 36.7 Å². The average Bonchev–Trinajstić information content (AvgIpc) is 3.63. The highest BCUT2D eigenvalue weighted by atomic mass is 35.5. The SMILES string of the molecule is CCCC(=Nc1nc(NC2CCc3cc(/C=C/C(C)(C)C=O)cc(F)c32)c(Cl)cc1C)O[C@@H]1CO[C@H]2[C@@H]1OC[C@H]2O. The molecule has 10 heteroatoms. The number of allylic oxidation sites excluding steroid dienone is 1. The standard InChI is InChI=1S/C31H37ClFN3O5/c1-5-6-25(41-24-15-40-27-23(38)14-39-28(24)27)35-29-17(2)11-20(32)30(36-29)34-22-8-7-19-12-18(13-21(33)26(19)22)9-10-31(3,4)16-37/h9-13,16,22-24,27-28,38H,5-8,14-15H2,1-4H3,(H,34,36)/b10-9+,35-25?/t22?,23-,24-,27-,28-/m1/s1. The van der Waals surface area contributed by atoms with Gasteiger partial charge in [0.2, 0.25) is 0 Å². The minimum Gasteiger partial charge on any atom is -0.472 e. The van der Waals surface area contributed by atoms with Crippen LogP contribution in [0.1, 0.15) is 68.3 Å². The first-order chi connectivity index (χ1) is 19.6. The van der Waals surface area contributed by atoms with Gasteiger partial charge in [-0.2, -0.15) is 4.99 Å². The van der Waals surface area contributed by atoms with E-state index in [9.17, 15) is 9.90 Å². The molecule has 8 nitrogen and oxygen atoms in total. The molecule has 0 saturated carbocycles. The van der Waals surface area contributed by atoms with Crippen LogP contribution in [0.5, 0.6) is 0 Å². The van der Waals surface area contributed by atoms with Gasteiger partial charge in [-0.3, -0.25) is 0 Å². The second-order valence-corrected chi connectivity index (χ2v) is 12.0. The van der Waals surface area contributed by atoms with Crippen LogP contribution in [0.4, 0.5) is 16.0 Å². The maximum Gasteiger partial charge on any atom is 0.190 e. The second-order valence-electron chi connectivity index (χ2n) is 11.6. The van der Waals surface area contributed by atoms with Crippen LogP contribution in [-0.4, -0.2) is 59.9 Å². The molecule has 0 spiro atoms. The average molecular weight is 586 g/mol. The Morgan fingerprint density at radius 1 is 1.29 bits per heavy atom. The maximum absolute atomic E-state index is 15.3. The summed E-state index contributed by atoms with van der Waals surface area (Å²) in [5.74, 6) is 1.08. The molecular weight excluding hydrogens is 549 g/mol. The van der Waals surface area contributed by atoms with Gasteiger partial charge in [-0.05, 0) is 68.9 Å². The Bertz CT molecular complexity index is 1360. The molecule has 2 aromatic rings. The Hall–Kier alpha value is -2.85. The summed E-state index contributed by atoms with van der Waals surface area (Å²) < 4.78 is 33.0. The van der Waals surface area contributed by atoms with E-state index in [0.717, 1.165) is 29.4 Å². The van der Waals surface area contributed by atoms with E-state index in [1.807, 2.05) is 33.8 Å². The number of nitrogens with one attached hydrogen (secondary N) is 1. The minimum atomic E-state index is -0.655. The van der Waals surface area contributed by atoms with Gasteiger partial charge >= 0.3 is 0 Å². The van der Waals surface area contributed by atoms with Crippen molar-refractivity contribution in [3.8, 4) is 0 Å². The van der Waals surface area contributed by atoms with E-state index in [2.05, 4.69) is 5.32 Å². The number of hydrogen-bond donors (Lipinski definition) is 2. The van der Waals surface area contributed by atoms with Crippen molar-refractivity contribution in [1.29, 1.82) is 0 Å². The summed E-state index contributed by atoms with van der Waals surface area (Å²) in [6, 6.07) is 4.95. The quantitative estimate of drug-likeness (QED) is 0.215. The molecule has 2 aliphatic heterocycles. The Morgan fingerprint density at radius 3 is 2.83 bits per heavy atom. The van der Waals surface area contributed by atoms with E-state index in [1.54, 1.807) is 18.2 Å². The number of aliphatic hydroxyl groups excluding tert-OH is 1. The van der Waals surface area contributed by atoms with Crippen molar-refractivity contribution in [1.82, 2.24) is 4.98 Å². The third-order valence-corrected chi connectivity index (χ3v) is 8.00. The van der Waals surface area contributed by atoms with E-state index in [0.29, 0.717) is 54.0 Å². The van der Waals surface area contributed by atoms with Crippen molar-refractivity contribution < 1.29 is 28.5 Å². The fourth-order valence-electron chi connectivity index (χ4n) is 5.47. The highest BCUT2D eigenvalue weighted by Gasteiger charge is 2.48. The van der Waals surface area contributed by atoms with Crippen molar-refractivity contribution in [3.63, 3.8) is 0 Å². The summed E-state index contributed by atoms with van der Waals surface area (Å²) in [6.45, 7) is 8.07. The lowest BCUT2D eigenvalue weighted by atomic mass is 9.94. The predicted octanol–water partition coefficient (Wildman–Crippen LogP) is 5.89. The number of carbonyl (C=O) groups excluding carboxylic acids is 1. The molecule has 2 N–H and O–H groups in total. The lowest BCUT2D eigenvalue weighted by Gasteiger charge is -2.20. The van der Waals surface area contributed by atoms with Crippen LogP contribution in [-0.2, 0) is 25.4 Å². The molecule has 2 fully saturated rings. The smallest absolute Gasteiger partial charge is 0.190 e. The number of carbonyl (C=O) groups is 1. The molecule has 2 saturated heterocycles. The highest BCUT2D eigenvalue weighted by Crippen LogP contribution is 2.39. The molecule has 3 aliphatic rings. The number of pyridine rings is 1. The molecule has 1 aliphatic carbocycles. The van der Waals surface area contributed by atoms with Crippen LogP contribution in [0.3, 0.4) is 0 Å². The number of nitrogens with zero attached hydrogens (tertiary/aromatic N) is 2. The van der Waals surface area contributed by atoms with Crippen LogP contribution in [0.25, 0.3) is 6.08 Å². The maximum atomic E-state index is 15.3. The molecule has 220 valence electrons. The second kappa shape index (κ2) is 12.2. The van der Waals surface area contributed by atoms with Gasteiger partial charge in [0, 0.05) is 17.4 Å². The zero-order valence-electron chi connectivity index (χ0n) is 23.8. The Morgan fingerprint density at radius 2 is 2.07 bits per heavy atom. The topological polar surface area (TPSA) is 102 Å². The van der Waals surface area contributed by atoms with Crippen LogP contribution < -0.4 is 5.32 Å². The van der Waals surface area contributed by atoms with Crippen molar-refractivity contribution in [3.05, 3.63) is 57.4 Å². The zero-order chi connectivity index (χ0) is 29.3. The number of hydrogen-bond acceptors (Lipinski definition) is 8. The van der Waals surface area contributed by atoms with Crippen molar-refractivity contribution in [2.45, 2.75) is 83.8 Å². The molecule has 5 rings (SSSR count). The van der Waals surface area contributed by atoms with Crippen LogP contribution in [0.15, 0.2) is 29.3 Å². The summed E-state index contributed by atoms with van der Waals surface area (Å²) in [7, 11) is 0. The number of ether oxygens (including phenoxy) is 3. The summed E-state index contributed by atoms with van der Waals surface area (Å²) in [4.78, 5) is 20.7. The van der Waals surface area contributed by atoms with Gasteiger partial charge in [0.25, 0.3) is 0 Å². The monoisotopic (exact) mass is 585 g/mol. The zero-order valence-corrected chi connectivity index (χ0v) is 24.6. The van der Waals surface area contributed by atoms with Crippen molar-refractivity contribution in [2.24, 2.45) is 10.4 Å². The highest BCUT2D eigenvalue weighted by molar-refractivity contribution is 6.33. The van der Waals surface area contributed by atoms with Crippen LogP contribution in [0, 0.1) is 18.2 Å². The van der Waals surface area contributed by atoms with Crippen molar-refractivity contribution >= 4 is 41.5 Å². The number of aldehydes is 1. The van der Waals surface area contributed by atoms with E-state index < -0.39 is 11.5 Å². The number of rotatable bonds is 9. The molecule has 1 aromatic heterocycles. The van der Waals surface area contributed by atoms with Gasteiger partial charge in [0.05, 0.1) is 24.3 Å². The van der Waals surface area contributed by atoms with E-state index in [4.69, 9.17) is 35.8 Å². The third kappa shape index (κ3) is 6.48.